The summed E-state index contributed by atoms with van der Waals surface area (Å²) < 4.78 is 6.08. The lowest BCUT2D eigenvalue weighted by atomic mass is 9.88. The molecule has 4 heteroatoms. The van der Waals surface area contributed by atoms with Crippen LogP contribution in [0.1, 0.15) is 48.4 Å². The maximum absolute atomic E-state index is 10.1. The molecule has 0 spiro atoms. The quantitative estimate of drug-likeness (QED) is 0.298. The minimum atomic E-state index is 0.203. The van der Waals surface area contributed by atoms with E-state index in [2.05, 4.69) is 83.0 Å². The number of phenols is 1. The first-order chi connectivity index (χ1) is 18.2. The first-order valence-corrected chi connectivity index (χ1v) is 13.8. The smallest absolute Gasteiger partial charge is 0.119 e. The summed E-state index contributed by atoms with van der Waals surface area (Å²) in [6.07, 6.45) is 6.77. The molecule has 4 aromatic carbocycles. The highest BCUT2D eigenvalue weighted by molar-refractivity contribution is 5.86. The van der Waals surface area contributed by atoms with Gasteiger partial charge >= 0.3 is 0 Å². The molecule has 6 rings (SSSR count). The molecule has 1 saturated heterocycles. The number of hydrogen-bond acceptors (Lipinski definition) is 4. The lowest BCUT2D eigenvalue weighted by Crippen LogP contribution is -2.36. The summed E-state index contributed by atoms with van der Waals surface area (Å²) in [5, 5.41) is 16.2. The van der Waals surface area contributed by atoms with Gasteiger partial charge in [0.05, 0.1) is 12.6 Å². The molecule has 2 unspecified atom stereocenters. The monoisotopic (exact) mass is 492 g/mol. The van der Waals surface area contributed by atoms with Crippen LogP contribution in [0.3, 0.4) is 0 Å². The second kappa shape index (κ2) is 10.9. The van der Waals surface area contributed by atoms with Gasteiger partial charge in [0, 0.05) is 18.3 Å². The Hall–Kier alpha value is -3.50. The molecular weight excluding hydrogens is 456 g/mol. The summed E-state index contributed by atoms with van der Waals surface area (Å²) in [4.78, 5) is 2.54. The van der Waals surface area contributed by atoms with Crippen LogP contribution >= 0.6 is 0 Å². The number of rotatable bonds is 7. The lowest BCUT2D eigenvalue weighted by Gasteiger charge is -2.39. The Labute approximate surface area is 219 Å². The molecule has 2 atom stereocenters. The highest BCUT2D eigenvalue weighted by Gasteiger charge is 2.28. The molecule has 190 valence electrons. The van der Waals surface area contributed by atoms with Gasteiger partial charge in [0.2, 0.25) is 0 Å². The largest absolute Gasteiger partial charge is 0.508 e. The van der Waals surface area contributed by atoms with Gasteiger partial charge in [-0.15, -0.1) is 0 Å². The summed E-state index contributed by atoms with van der Waals surface area (Å²) in [6, 6.07) is 30.7. The molecule has 0 bridgehead atoms. The van der Waals surface area contributed by atoms with Crippen molar-refractivity contribution < 1.29 is 9.84 Å². The number of fused-ring (bicyclic) bond motifs is 2. The molecule has 0 radical (unpaired) electrons. The number of aromatic hydroxyl groups is 1. The molecule has 2 heterocycles. The van der Waals surface area contributed by atoms with Crippen molar-refractivity contribution in [2.75, 3.05) is 24.6 Å². The molecule has 4 aromatic rings. The zero-order valence-corrected chi connectivity index (χ0v) is 21.4. The zero-order valence-electron chi connectivity index (χ0n) is 21.4. The molecular formula is C33H36N2O2. The van der Waals surface area contributed by atoms with Gasteiger partial charge in [-0.2, -0.15) is 0 Å². The van der Waals surface area contributed by atoms with Crippen LogP contribution in [-0.4, -0.2) is 30.8 Å². The molecule has 0 amide bonds. The van der Waals surface area contributed by atoms with Crippen molar-refractivity contribution in [1.82, 2.24) is 5.32 Å². The van der Waals surface area contributed by atoms with Crippen LogP contribution in [0.2, 0.25) is 0 Å². The van der Waals surface area contributed by atoms with Crippen LogP contribution in [-0.2, 0) is 12.8 Å². The molecule has 2 aliphatic rings. The molecule has 0 aliphatic carbocycles. The number of anilines is 1. The van der Waals surface area contributed by atoms with Crippen molar-refractivity contribution in [1.29, 1.82) is 0 Å². The molecule has 37 heavy (non-hydrogen) atoms. The highest BCUT2D eigenvalue weighted by Crippen LogP contribution is 2.38. The second-order valence-corrected chi connectivity index (χ2v) is 10.5. The fraction of sp³-hybridized carbons (Fsp3) is 0.333. The van der Waals surface area contributed by atoms with Gasteiger partial charge in [0.15, 0.2) is 0 Å². The van der Waals surface area contributed by atoms with Gasteiger partial charge in [-0.3, -0.25) is 0 Å². The predicted molar refractivity (Wildman–Crippen MR) is 152 cm³/mol. The second-order valence-electron chi connectivity index (χ2n) is 10.5. The molecule has 2 N–H and O–H groups in total. The number of benzene rings is 4. The minimum absolute atomic E-state index is 0.203. The van der Waals surface area contributed by atoms with Crippen LogP contribution < -0.4 is 15.0 Å². The first kappa shape index (κ1) is 23.9. The minimum Gasteiger partial charge on any atom is -0.508 e. The third-order valence-electron chi connectivity index (χ3n) is 8.05. The van der Waals surface area contributed by atoms with E-state index in [-0.39, 0.29) is 6.04 Å². The van der Waals surface area contributed by atoms with Gasteiger partial charge in [0.1, 0.15) is 11.5 Å². The third kappa shape index (κ3) is 5.45. The number of hydrogen-bond donors (Lipinski definition) is 2. The van der Waals surface area contributed by atoms with Crippen molar-refractivity contribution in [3.05, 3.63) is 102 Å². The Morgan fingerprint density at radius 1 is 0.892 bits per heavy atom. The van der Waals surface area contributed by atoms with Crippen LogP contribution in [0.15, 0.2) is 84.9 Å². The summed E-state index contributed by atoms with van der Waals surface area (Å²) >= 11 is 0. The van der Waals surface area contributed by atoms with E-state index in [1.807, 2.05) is 12.1 Å². The van der Waals surface area contributed by atoms with Crippen LogP contribution in [0.5, 0.6) is 11.5 Å². The van der Waals surface area contributed by atoms with Gasteiger partial charge in [-0.1, -0.05) is 55.0 Å². The predicted octanol–water partition coefficient (Wildman–Crippen LogP) is 6.80. The van der Waals surface area contributed by atoms with Crippen molar-refractivity contribution in [3.8, 4) is 11.5 Å². The van der Waals surface area contributed by atoms with Gasteiger partial charge in [-0.25, -0.2) is 0 Å². The Balaban J connectivity index is 1.21. The molecule has 0 aromatic heterocycles. The normalized spacial score (nSPS) is 19.5. The van der Waals surface area contributed by atoms with E-state index in [0.29, 0.717) is 11.8 Å². The molecule has 4 nitrogen and oxygen atoms in total. The fourth-order valence-electron chi connectivity index (χ4n) is 6.02. The summed E-state index contributed by atoms with van der Waals surface area (Å²) in [5.41, 5.74) is 5.09. The molecule has 1 fully saturated rings. The maximum Gasteiger partial charge on any atom is 0.119 e. The van der Waals surface area contributed by atoms with E-state index >= 15 is 0 Å². The van der Waals surface area contributed by atoms with Gasteiger partial charge in [-0.05, 0) is 103 Å². The number of piperidine rings is 1. The average Bonchev–Trinajstić information content (AvgIpc) is 2.94. The van der Waals surface area contributed by atoms with E-state index in [9.17, 15) is 5.11 Å². The van der Waals surface area contributed by atoms with Crippen molar-refractivity contribution in [3.63, 3.8) is 0 Å². The summed E-state index contributed by atoms with van der Waals surface area (Å²) in [5.74, 6) is 1.29. The van der Waals surface area contributed by atoms with E-state index < -0.39 is 0 Å². The summed E-state index contributed by atoms with van der Waals surface area (Å²) in [7, 11) is 0. The number of phenolic OH excluding ortho intramolecular Hbond substituents is 1. The van der Waals surface area contributed by atoms with Crippen LogP contribution in [0, 0.1) is 0 Å². The van der Waals surface area contributed by atoms with Crippen LogP contribution in [0.25, 0.3) is 10.8 Å². The average molecular weight is 493 g/mol. The molecule has 0 saturated carbocycles. The highest BCUT2D eigenvalue weighted by atomic mass is 16.5. The first-order valence-electron chi connectivity index (χ1n) is 13.8. The molecule has 2 aliphatic heterocycles. The maximum atomic E-state index is 10.1. The number of nitrogens with one attached hydrogen (secondary N) is 1. The fourth-order valence-corrected chi connectivity index (χ4v) is 6.02. The van der Waals surface area contributed by atoms with E-state index in [4.69, 9.17) is 4.74 Å². The van der Waals surface area contributed by atoms with Crippen molar-refractivity contribution in [2.45, 2.75) is 50.6 Å². The Morgan fingerprint density at radius 2 is 1.76 bits per heavy atom. The Bertz CT molecular complexity index is 1340. The standard InChI is InChI=1S/C33H36N2O2/c36-30-12-15-32-27(23-30)16-19-35(29-11-10-25-5-1-2-6-26(25)22-29)33(32)21-24-8-13-31(14-9-24)37-20-17-28-7-3-4-18-34-28/h1-2,5-6,8-15,22-23,28,33-34,36H,3-4,7,16-21H2. The topological polar surface area (TPSA) is 44.7 Å². The Kier molecular flexibility index (Phi) is 7.00. The Morgan fingerprint density at radius 3 is 2.59 bits per heavy atom. The lowest BCUT2D eigenvalue weighted by molar-refractivity contribution is 0.268. The van der Waals surface area contributed by atoms with Gasteiger partial charge in [0.25, 0.3) is 0 Å². The van der Waals surface area contributed by atoms with E-state index in [1.54, 1.807) is 0 Å². The number of nitrogens with zero attached hydrogens (tertiary/aromatic N) is 1. The summed E-state index contributed by atoms with van der Waals surface area (Å²) in [6.45, 7) is 2.82. The zero-order chi connectivity index (χ0) is 25.0. The van der Waals surface area contributed by atoms with Crippen molar-refractivity contribution in [2.24, 2.45) is 0 Å². The van der Waals surface area contributed by atoms with Crippen LogP contribution in [0.4, 0.5) is 5.69 Å². The number of ether oxygens (including phenoxy) is 1. The third-order valence-corrected chi connectivity index (χ3v) is 8.05. The van der Waals surface area contributed by atoms with E-state index in [0.717, 1.165) is 44.7 Å². The SMILES string of the molecule is Oc1ccc2c(c1)CCN(c1ccc3ccccc3c1)C2Cc1ccc(OCCC2CCCCN2)cc1. The van der Waals surface area contributed by atoms with Gasteiger partial charge < -0.3 is 20.1 Å². The van der Waals surface area contributed by atoms with Crippen molar-refractivity contribution >= 4 is 16.5 Å². The van der Waals surface area contributed by atoms with E-state index in [1.165, 1.54) is 52.4 Å².